The van der Waals surface area contributed by atoms with Crippen molar-refractivity contribution in [3.63, 3.8) is 0 Å². The first-order valence-electron chi connectivity index (χ1n) is 6.61. The van der Waals surface area contributed by atoms with Gasteiger partial charge in [0.2, 0.25) is 5.91 Å². The van der Waals surface area contributed by atoms with Crippen molar-refractivity contribution in [2.24, 2.45) is 17.8 Å². The summed E-state index contributed by atoms with van der Waals surface area (Å²) in [5, 5.41) is 9.18. The second kappa shape index (κ2) is 5.07. The van der Waals surface area contributed by atoms with E-state index in [1.54, 1.807) is 0 Å². The van der Waals surface area contributed by atoms with Gasteiger partial charge in [-0.2, -0.15) is 0 Å². The van der Waals surface area contributed by atoms with Crippen molar-refractivity contribution in [2.45, 2.75) is 39.0 Å². The predicted molar refractivity (Wildman–Crippen MR) is 63.4 cm³/mol. The molecule has 3 unspecified atom stereocenters. The summed E-state index contributed by atoms with van der Waals surface area (Å²) in [6.07, 6.45) is 4.70. The van der Waals surface area contributed by atoms with Gasteiger partial charge in [0.1, 0.15) is 0 Å². The molecule has 1 N–H and O–H groups in total. The number of likely N-dealkylation sites (tertiary alicyclic amines) is 1. The van der Waals surface area contributed by atoms with Crippen molar-refractivity contribution >= 4 is 11.9 Å². The summed E-state index contributed by atoms with van der Waals surface area (Å²) in [5.41, 5.74) is 0. The molecule has 0 aromatic carbocycles. The molecule has 2 fully saturated rings. The van der Waals surface area contributed by atoms with E-state index < -0.39 is 11.9 Å². The van der Waals surface area contributed by atoms with E-state index in [1.807, 2.05) is 11.8 Å². The minimum absolute atomic E-state index is 0.0847. The largest absolute Gasteiger partial charge is 0.481 e. The van der Waals surface area contributed by atoms with Gasteiger partial charge >= 0.3 is 5.97 Å². The molecule has 0 radical (unpaired) electrons. The summed E-state index contributed by atoms with van der Waals surface area (Å²) >= 11 is 0. The molecule has 0 bridgehead atoms. The van der Waals surface area contributed by atoms with Gasteiger partial charge in [-0.15, -0.1) is 0 Å². The fourth-order valence-corrected chi connectivity index (χ4v) is 3.19. The molecule has 0 aromatic heterocycles. The van der Waals surface area contributed by atoms with E-state index in [-0.39, 0.29) is 11.8 Å². The zero-order chi connectivity index (χ0) is 12.4. The molecule has 1 heterocycles. The third-order valence-electron chi connectivity index (χ3n) is 4.10. The monoisotopic (exact) mass is 239 g/mol. The molecule has 4 nitrogen and oxygen atoms in total. The number of carboxylic acids is 1. The lowest BCUT2D eigenvalue weighted by Gasteiger charge is -2.30. The smallest absolute Gasteiger partial charge is 0.307 e. The molecule has 3 atom stereocenters. The number of amides is 1. The summed E-state index contributed by atoms with van der Waals surface area (Å²) in [6, 6.07) is 0. The van der Waals surface area contributed by atoms with Crippen LogP contribution in [0.2, 0.25) is 0 Å². The highest BCUT2D eigenvalue weighted by Crippen LogP contribution is 2.37. The van der Waals surface area contributed by atoms with Crippen LogP contribution in [-0.2, 0) is 9.59 Å². The van der Waals surface area contributed by atoms with Gasteiger partial charge < -0.3 is 10.0 Å². The number of carbonyl (C=O) groups is 2. The number of nitrogens with zero attached hydrogens (tertiary/aromatic N) is 1. The summed E-state index contributed by atoms with van der Waals surface area (Å²) < 4.78 is 0. The first kappa shape index (κ1) is 12.4. The van der Waals surface area contributed by atoms with Crippen molar-refractivity contribution in [1.29, 1.82) is 0 Å². The van der Waals surface area contributed by atoms with Crippen LogP contribution in [0.25, 0.3) is 0 Å². The van der Waals surface area contributed by atoms with Crippen LogP contribution in [0.15, 0.2) is 0 Å². The van der Waals surface area contributed by atoms with Crippen LogP contribution >= 0.6 is 0 Å². The molecule has 2 rings (SSSR count). The van der Waals surface area contributed by atoms with Gasteiger partial charge in [-0.1, -0.05) is 6.92 Å². The van der Waals surface area contributed by atoms with E-state index in [9.17, 15) is 14.7 Å². The van der Waals surface area contributed by atoms with Gasteiger partial charge in [0, 0.05) is 13.1 Å². The molecular weight excluding hydrogens is 218 g/mol. The topological polar surface area (TPSA) is 57.6 Å². The summed E-state index contributed by atoms with van der Waals surface area (Å²) in [4.78, 5) is 25.4. The summed E-state index contributed by atoms with van der Waals surface area (Å²) in [5.74, 6) is -1.10. The van der Waals surface area contributed by atoms with Crippen LogP contribution in [-0.4, -0.2) is 35.0 Å². The normalized spacial score (nSPS) is 33.7. The van der Waals surface area contributed by atoms with E-state index in [0.29, 0.717) is 12.3 Å². The molecule has 17 heavy (non-hydrogen) atoms. The Bertz CT molecular complexity index is 310. The molecule has 1 amide bonds. The Kier molecular flexibility index (Phi) is 3.69. The molecule has 1 saturated heterocycles. The standard InChI is InChI=1S/C13H21NO3/c1-9-7-10(11(8-9)13(16)17)12(15)14-5-3-2-4-6-14/h9-11H,2-8H2,1H3,(H,16,17). The van der Waals surface area contributed by atoms with Gasteiger partial charge in [0.15, 0.2) is 0 Å². The third kappa shape index (κ3) is 2.61. The quantitative estimate of drug-likeness (QED) is 0.798. The van der Waals surface area contributed by atoms with Gasteiger partial charge in [0.05, 0.1) is 11.8 Å². The Balaban J connectivity index is 2.04. The van der Waals surface area contributed by atoms with Crippen LogP contribution in [0, 0.1) is 17.8 Å². The summed E-state index contributed by atoms with van der Waals surface area (Å²) in [6.45, 7) is 3.67. The Morgan fingerprint density at radius 1 is 1.06 bits per heavy atom. The van der Waals surface area contributed by atoms with Gasteiger partial charge in [-0.3, -0.25) is 9.59 Å². The Labute approximate surface area is 102 Å². The van der Waals surface area contributed by atoms with Crippen LogP contribution in [0.5, 0.6) is 0 Å². The molecule has 1 saturated carbocycles. The number of piperidine rings is 1. The van der Waals surface area contributed by atoms with Crippen LogP contribution in [0.3, 0.4) is 0 Å². The molecule has 4 heteroatoms. The first-order valence-corrected chi connectivity index (χ1v) is 6.61. The van der Waals surface area contributed by atoms with Crippen molar-refractivity contribution < 1.29 is 14.7 Å². The van der Waals surface area contributed by atoms with Gasteiger partial charge in [-0.25, -0.2) is 0 Å². The highest BCUT2D eigenvalue weighted by molar-refractivity contribution is 5.85. The van der Waals surface area contributed by atoms with Gasteiger partial charge in [0.25, 0.3) is 0 Å². The zero-order valence-electron chi connectivity index (χ0n) is 10.4. The van der Waals surface area contributed by atoms with Crippen molar-refractivity contribution in [3.8, 4) is 0 Å². The van der Waals surface area contributed by atoms with E-state index in [2.05, 4.69) is 0 Å². The Morgan fingerprint density at radius 3 is 2.24 bits per heavy atom. The fourth-order valence-electron chi connectivity index (χ4n) is 3.19. The highest BCUT2D eigenvalue weighted by atomic mass is 16.4. The van der Waals surface area contributed by atoms with Crippen LogP contribution in [0.1, 0.15) is 39.0 Å². The van der Waals surface area contributed by atoms with Crippen molar-refractivity contribution in [3.05, 3.63) is 0 Å². The van der Waals surface area contributed by atoms with E-state index in [4.69, 9.17) is 0 Å². The first-order chi connectivity index (χ1) is 8.09. The van der Waals surface area contributed by atoms with E-state index in [0.717, 1.165) is 32.4 Å². The highest BCUT2D eigenvalue weighted by Gasteiger charge is 2.42. The number of hydrogen-bond acceptors (Lipinski definition) is 2. The maximum atomic E-state index is 12.3. The molecule has 1 aliphatic carbocycles. The fraction of sp³-hybridized carbons (Fsp3) is 0.846. The minimum atomic E-state index is -0.801. The molecule has 0 aromatic rings. The Hall–Kier alpha value is -1.06. The number of aliphatic carboxylic acids is 1. The average molecular weight is 239 g/mol. The lowest BCUT2D eigenvalue weighted by atomic mass is 9.94. The predicted octanol–water partition coefficient (Wildman–Crippen LogP) is 1.75. The number of hydrogen-bond donors (Lipinski definition) is 1. The molecule has 96 valence electrons. The second-order valence-corrected chi connectivity index (χ2v) is 5.51. The Morgan fingerprint density at radius 2 is 1.65 bits per heavy atom. The zero-order valence-corrected chi connectivity index (χ0v) is 10.4. The average Bonchev–Trinajstić information content (AvgIpc) is 2.72. The number of carboxylic acid groups (broad SMARTS) is 1. The minimum Gasteiger partial charge on any atom is -0.481 e. The van der Waals surface area contributed by atoms with Crippen LogP contribution < -0.4 is 0 Å². The van der Waals surface area contributed by atoms with E-state index in [1.165, 1.54) is 6.42 Å². The lowest BCUT2D eigenvalue weighted by Crippen LogP contribution is -2.42. The third-order valence-corrected chi connectivity index (χ3v) is 4.10. The molecular formula is C13H21NO3. The maximum absolute atomic E-state index is 12.3. The van der Waals surface area contributed by atoms with Crippen molar-refractivity contribution in [1.82, 2.24) is 4.90 Å². The van der Waals surface area contributed by atoms with Gasteiger partial charge in [-0.05, 0) is 38.0 Å². The molecule has 0 spiro atoms. The molecule has 1 aliphatic heterocycles. The number of rotatable bonds is 2. The summed E-state index contributed by atoms with van der Waals surface area (Å²) in [7, 11) is 0. The number of carbonyl (C=O) groups excluding carboxylic acids is 1. The molecule has 2 aliphatic rings. The van der Waals surface area contributed by atoms with E-state index >= 15 is 0 Å². The SMILES string of the molecule is CC1CC(C(=O)O)C(C(=O)N2CCCCC2)C1. The second-order valence-electron chi connectivity index (χ2n) is 5.51. The van der Waals surface area contributed by atoms with Crippen molar-refractivity contribution in [2.75, 3.05) is 13.1 Å². The maximum Gasteiger partial charge on any atom is 0.307 e. The lowest BCUT2D eigenvalue weighted by molar-refractivity contribution is -0.149. The van der Waals surface area contributed by atoms with Crippen LogP contribution in [0.4, 0.5) is 0 Å².